The Morgan fingerprint density at radius 3 is 2.50 bits per heavy atom. The van der Waals surface area contributed by atoms with E-state index in [2.05, 4.69) is 10.2 Å². The van der Waals surface area contributed by atoms with Crippen LogP contribution in [0, 0.1) is 0 Å². The van der Waals surface area contributed by atoms with Gasteiger partial charge in [0.2, 0.25) is 10.0 Å². The van der Waals surface area contributed by atoms with E-state index in [1.807, 2.05) is 0 Å². The number of hydrogen-bond donors (Lipinski definition) is 1. The molecule has 2 aliphatic rings. The van der Waals surface area contributed by atoms with Crippen LogP contribution in [0.5, 0.6) is 0 Å². The summed E-state index contributed by atoms with van der Waals surface area (Å²) in [6.45, 7) is 6.66. The summed E-state index contributed by atoms with van der Waals surface area (Å²) < 4.78 is 30.4. The van der Waals surface area contributed by atoms with Gasteiger partial charge >= 0.3 is 0 Å². The molecule has 0 atom stereocenters. The minimum atomic E-state index is -3.08. The lowest BCUT2D eigenvalue weighted by atomic mass is 10.2. The van der Waals surface area contributed by atoms with Gasteiger partial charge in [-0.2, -0.15) is 4.31 Å². The van der Waals surface area contributed by atoms with E-state index in [4.69, 9.17) is 4.74 Å². The normalized spacial score (nSPS) is 23.2. The summed E-state index contributed by atoms with van der Waals surface area (Å²) >= 11 is 0. The van der Waals surface area contributed by atoms with Gasteiger partial charge in [0.1, 0.15) is 0 Å². The van der Waals surface area contributed by atoms with Crippen LogP contribution in [0.25, 0.3) is 0 Å². The second-order valence-electron chi connectivity index (χ2n) is 4.99. The first kappa shape index (κ1) is 14.2. The van der Waals surface area contributed by atoms with E-state index >= 15 is 0 Å². The number of ether oxygens (including phenoxy) is 1. The monoisotopic (exact) mass is 277 g/mol. The second-order valence-corrected chi connectivity index (χ2v) is 6.93. The van der Waals surface area contributed by atoms with Crippen molar-refractivity contribution in [3.63, 3.8) is 0 Å². The van der Waals surface area contributed by atoms with Gasteiger partial charge in [0, 0.05) is 38.8 Å². The van der Waals surface area contributed by atoms with Gasteiger partial charge in [0.05, 0.1) is 19.5 Å². The highest BCUT2D eigenvalue weighted by Crippen LogP contribution is 2.11. The van der Waals surface area contributed by atoms with E-state index < -0.39 is 10.0 Å². The number of hydrogen-bond acceptors (Lipinski definition) is 5. The molecule has 0 bridgehead atoms. The average molecular weight is 277 g/mol. The Morgan fingerprint density at radius 1 is 1.33 bits per heavy atom. The Hall–Kier alpha value is -0.210. The Kier molecular flexibility index (Phi) is 4.97. The maximum absolute atomic E-state index is 11.7. The fraction of sp³-hybridized carbons (Fsp3) is 1.00. The van der Waals surface area contributed by atoms with E-state index in [1.54, 1.807) is 4.31 Å². The zero-order chi connectivity index (χ0) is 13.0. The molecule has 0 saturated carbocycles. The Morgan fingerprint density at radius 2 is 2.00 bits per heavy atom. The number of nitrogens with zero attached hydrogens (tertiary/aromatic N) is 2. The van der Waals surface area contributed by atoms with Crippen molar-refractivity contribution in [2.45, 2.75) is 12.5 Å². The van der Waals surface area contributed by atoms with E-state index in [-0.39, 0.29) is 6.04 Å². The SMILES string of the molecule is CS(=O)(=O)N(CCCN1CCOCC1)C1CNC1. The molecule has 1 N–H and O–H groups in total. The van der Waals surface area contributed by atoms with E-state index in [0.717, 1.165) is 52.4 Å². The fourth-order valence-electron chi connectivity index (χ4n) is 2.37. The van der Waals surface area contributed by atoms with Crippen LogP contribution in [-0.4, -0.2) is 82.4 Å². The van der Waals surface area contributed by atoms with Gasteiger partial charge in [-0.05, 0) is 13.0 Å². The molecule has 0 aliphatic carbocycles. The zero-order valence-corrected chi connectivity index (χ0v) is 11.8. The predicted molar refractivity (Wildman–Crippen MR) is 70.1 cm³/mol. The highest BCUT2D eigenvalue weighted by molar-refractivity contribution is 7.88. The summed E-state index contributed by atoms with van der Waals surface area (Å²) in [5.74, 6) is 0. The van der Waals surface area contributed by atoms with Crippen molar-refractivity contribution in [2.24, 2.45) is 0 Å². The molecule has 6 nitrogen and oxygen atoms in total. The summed E-state index contributed by atoms with van der Waals surface area (Å²) in [6.07, 6.45) is 2.20. The first-order valence-electron chi connectivity index (χ1n) is 6.55. The van der Waals surface area contributed by atoms with Gasteiger partial charge in [-0.3, -0.25) is 4.90 Å². The van der Waals surface area contributed by atoms with Crippen LogP contribution >= 0.6 is 0 Å². The van der Waals surface area contributed by atoms with Crippen molar-refractivity contribution in [3.8, 4) is 0 Å². The Bertz CT molecular complexity index is 351. The zero-order valence-electron chi connectivity index (χ0n) is 11.0. The highest BCUT2D eigenvalue weighted by atomic mass is 32.2. The quantitative estimate of drug-likeness (QED) is 0.671. The molecule has 2 fully saturated rings. The summed E-state index contributed by atoms with van der Waals surface area (Å²) in [5, 5.41) is 3.12. The third-order valence-electron chi connectivity index (χ3n) is 3.55. The molecule has 0 radical (unpaired) electrons. The molecule has 2 aliphatic heterocycles. The lowest BCUT2D eigenvalue weighted by molar-refractivity contribution is 0.0364. The lowest BCUT2D eigenvalue weighted by Gasteiger charge is -2.37. The fourth-order valence-corrected chi connectivity index (χ4v) is 3.52. The molecule has 2 saturated heterocycles. The van der Waals surface area contributed by atoms with Crippen molar-refractivity contribution >= 4 is 10.0 Å². The summed E-state index contributed by atoms with van der Waals surface area (Å²) in [4.78, 5) is 2.34. The molecule has 18 heavy (non-hydrogen) atoms. The standard InChI is InChI=1S/C11H23N3O3S/c1-18(15,16)14(11-9-12-10-11)4-2-3-13-5-7-17-8-6-13/h11-12H,2-10H2,1H3. The van der Waals surface area contributed by atoms with Crippen LogP contribution in [0.2, 0.25) is 0 Å². The van der Waals surface area contributed by atoms with Gasteiger partial charge < -0.3 is 10.1 Å². The molecule has 0 amide bonds. The molecule has 2 rings (SSSR count). The highest BCUT2D eigenvalue weighted by Gasteiger charge is 2.30. The van der Waals surface area contributed by atoms with Crippen LogP contribution in [-0.2, 0) is 14.8 Å². The third-order valence-corrected chi connectivity index (χ3v) is 4.88. The second kappa shape index (κ2) is 6.29. The molecule has 0 spiro atoms. The third kappa shape index (κ3) is 3.89. The smallest absolute Gasteiger partial charge is 0.211 e. The lowest BCUT2D eigenvalue weighted by Crippen LogP contribution is -2.58. The topological polar surface area (TPSA) is 61.9 Å². The minimum Gasteiger partial charge on any atom is -0.379 e. The number of morpholine rings is 1. The summed E-state index contributed by atoms with van der Waals surface area (Å²) in [7, 11) is -3.08. The largest absolute Gasteiger partial charge is 0.379 e. The van der Waals surface area contributed by atoms with Gasteiger partial charge in [-0.15, -0.1) is 0 Å². The molecular formula is C11H23N3O3S. The van der Waals surface area contributed by atoms with Crippen LogP contribution in [0.1, 0.15) is 6.42 Å². The van der Waals surface area contributed by atoms with Crippen molar-refractivity contribution in [1.29, 1.82) is 0 Å². The molecule has 0 unspecified atom stereocenters. The number of rotatable bonds is 6. The van der Waals surface area contributed by atoms with Gasteiger partial charge in [-0.1, -0.05) is 0 Å². The first-order valence-corrected chi connectivity index (χ1v) is 8.40. The van der Waals surface area contributed by atoms with Crippen molar-refractivity contribution in [1.82, 2.24) is 14.5 Å². The number of sulfonamides is 1. The first-order chi connectivity index (χ1) is 8.57. The Balaban J connectivity index is 1.75. The molecule has 0 aromatic heterocycles. The molecule has 2 heterocycles. The summed E-state index contributed by atoms with van der Waals surface area (Å²) in [5.41, 5.74) is 0. The van der Waals surface area contributed by atoms with Crippen LogP contribution < -0.4 is 5.32 Å². The molecule has 0 aromatic rings. The minimum absolute atomic E-state index is 0.157. The molecule has 0 aromatic carbocycles. The van der Waals surface area contributed by atoms with Crippen molar-refractivity contribution < 1.29 is 13.2 Å². The van der Waals surface area contributed by atoms with Crippen molar-refractivity contribution in [2.75, 3.05) is 58.7 Å². The predicted octanol–water partition coefficient (Wildman–Crippen LogP) is -1.06. The molecule has 7 heteroatoms. The molecular weight excluding hydrogens is 254 g/mol. The van der Waals surface area contributed by atoms with Crippen molar-refractivity contribution in [3.05, 3.63) is 0 Å². The summed E-state index contributed by atoms with van der Waals surface area (Å²) in [6, 6.07) is 0.157. The average Bonchev–Trinajstić information content (AvgIpc) is 2.25. The van der Waals surface area contributed by atoms with Crippen LogP contribution in [0.15, 0.2) is 0 Å². The van der Waals surface area contributed by atoms with Gasteiger partial charge in [0.15, 0.2) is 0 Å². The maximum Gasteiger partial charge on any atom is 0.211 e. The van der Waals surface area contributed by atoms with Gasteiger partial charge in [-0.25, -0.2) is 8.42 Å². The number of nitrogens with one attached hydrogen (secondary N) is 1. The van der Waals surface area contributed by atoms with Gasteiger partial charge in [0.25, 0.3) is 0 Å². The maximum atomic E-state index is 11.7. The van der Waals surface area contributed by atoms with Crippen LogP contribution in [0.4, 0.5) is 0 Å². The molecule has 106 valence electrons. The van der Waals surface area contributed by atoms with Crippen LogP contribution in [0.3, 0.4) is 0 Å². The Labute approximate surface area is 109 Å². The van der Waals surface area contributed by atoms with E-state index in [0.29, 0.717) is 6.54 Å². The van der Waals surface area contributed by atoms with E-state index in [9.17, 15) is 8.42 Å². The van der Waals surface area contributed by atoms with E-state index in [1.165, 1.54) is 6.26 Å².